The molecule has 7 nitrogen and oxygen atoms in total. The number of amides is 3. The Morgan fingerprint density at radius 1 is 0.973 bits per heavy atom. The van der Waals surface area contributed by atoms with E-state index >= 15 is 0 Å². The number of hydrogen-bond acceptors (Lipinski definition) is 4. The molecule has 37 heavy (non-hydrogen) atoms. The van der Waals surface area contributed by atoms with Crippen molar-refractivity contribution in [3.63, 3.8) is 0 Å². The number of likely N-dealkylation sites (N-methyl/N-ethyl adjacent to an activating group) is 1. The monoisotopic (exact) mass is 534 g/mol. The van der Waals surface area contributed by atoms with E-state index in [1.807, 2.05) is 12.1 Å². The molecule has 1 aliphatic heterocycles. The molecular formula is C27H33ClF2N4O3. The van der Waals surface area contributed by atoms with Crippen LogP contribution in [-0.2, 0) is 20.9 Å². The number of carbonyl (C=O) groups excluding carboxylic acids is 3. The maximum Gasteiger partial charge on any atom is 0.252 e. The van der Waals surface area contributed by atoms with Crippen molar-refractivity contribution in [2.75, 3.05) is 12.4 Å². The number of carbonyl (C=O) groups is 3. The lowest BCUT2D eigenvalue weighted by Gasteiger charge is -2.35. The molecule has 0 bridgehead atoms. The minimum absolute atomic E-state index is 0. The highest BCUT2D eigenvalue weighted by atomic mass is 35.5. The van der Waals surface area contributed by atoms with Gasteiger partial charge in [-0.2, -0.15) is 0 Å². The number of anilines is 1. The molecule has 3 amide bonds. The van der Waals surface area contributed by atoms with E-state index in [4.69, 9.17) is 0 Å². The molecule has 10 heteroatoms. The van der Waals surface area contributed by atoms with Crippen molar-refractivity contribution >= 4 is 35.8 Å². The lowest BCUT2D eigenvalue weighted by molar-refractivity contribution is -0.143. The number of nitrogens with zero attached hydrogens (tertiary/aromatic N) is 1. The topological polar surface area (TPSA) is 90.5 Å². The molecule has 0 radical (unpaired) electrons. The molecule has 0 saturated heterocycles. The Balaban J connectivity index is 0.00000380. The second-order valence-electron chi connectivity index (χ2n) is 9.55. The Kier molecular flexibility index (Phi) is 9.62. The number of fused-ring (bicyclic) bond motifs is 1. The lowest BCUT2D eigenvalue weighted by atomic mass is 9.83. The average Bonchev–Trinajstić information content (AvgIpc) is 3.28. The Hall–Kier alpha value is -3.04. The molecule has 2 aromatic rings. The number of halogens is 3. The molecule has 4 rings (SSSR count). The minimum Gasteiger partial charge on any atom is -0.343 e. The second-order valence-corrected chi connectivity index (χ2v) is 9.55. The van der Waals surface area contributed by atoms with Gasteiger partial charge < -0.3 is 20.9 Å². The fraction of sp³-hybridized carbons (Fsp3) is 0.444. The van der Waals surface area contributed by atoms with E-state index in [1.54, 1.807) is 26.1 Å². The summed E-state index contributed by atoms with van der Waals surface area (Å²) in [5.74, 6) is -3.25. The average molecular weight is 535 g/mol. The summed E-state index contributed by atoms with van der Waals surface area (Å²) in [7, 11) is 1.67. The molecule has 1 aliphatic carbocycles. The first-order valence-corrected chi connectivity index (χ1v) is 12.4. The number of nitrogens with one attached hydrogen (secondary N) is 3. The van der Waals surface area contributed by atoms with Gasteiger partial charge in [0.05, 0.1) is 6.04 Å². The second kappa shape index (κ2) is 12.5. The molecule has 3 N–H and O–H groups in total. The third-order valence-electron chi connectivity index (χ3n) is 7.26. The van der Waals surface area contributed by atoms with Gasteiger partial charge in [-0.05, 0) is 56.0 Å². The van der Waals surface area contributed by atoms with E-state index in [-0.39, 0.29) is 36.7 Å². The van der Waals surface area contributed by atoms with Crippen LogP contribution in [0.25, 0.3) is 0 Å². The van der Waals surface area contributed by atoms with Gasteiger partial charge in [-0.3, -0.25) is 14.4 Å². The fourth-order valence-electron chi connectivity index (χ4n) is 5.12. The number of rotatable bonds is 7. The Labute approximate surface area is 221 Å². The van der Waals surface area contributed by atoms with Crippen molar-refractivity contribution < 1.29 is 23.2 Å². The van der Waals surface area contributed by atoms with E-state index in [1.165, 1.54) is 11.0 Å². The van der Waals surface area contributed by atoms with Crippen molar-refractivity contribution in [3.05, 3.63) is 65.2 Å². The van der Waals surface area contributed by atoms with Gasteiger partial charge in [-0.15, -0.1) is 12.4 Å². The summed E-state index contributed by atoms with van der Waals surface area (Å²) in [4.78, 5) is 41.7. The molecular weight excluding hydrogens is 502 g/mol. The summed E-state index contributed by atoms with van der Waals surface area (Å²) in [6.07, 6.45) is 4.59. The molecule has 200 valence electrons. The van der Waals surface area contributed by atoms with Gasteiger partial charge in [-0.25, -0.2) is 8.78 Å². The molecule has 1 saturated carbocycles. The van der Waals surface area contributed by atoms with Crippen LogP contribution < -0.4 is 16.0 Å². The summed E-state index contributed by atoms with van der Waals surface area (Å²) in [5.41, 5.74) is 0.814. The maximum atomic E-state index is 14.3. The molecule has 3 atom stereocenters. The van der Waals surface area contributed by atoms with E-state index in [2.05, 4.69) is 16.0 Å². The predicted molar refractivity (Wildman–Crippen MR) is 139 cm³/mol. The molecule has 0 spiro atoms. The van der Waals surface area contributed by atoms with Crippen molar-refractivity contribution in [3.8, 4) is 0 Å². The van der Waals surface area contributed by atoms with Gasteiger partial charge >= 0.3 is 0 Å². The van der Waals surface area contributed by atoms with E-state index in [9.17, 15) is 23.2 Å². The van der Waals surface area contributed by atoms with Gasteiger partial charge in [0.25, 0.3) is 5.91 Å². The van der Waals surface area contributed by atoms with Gasteiger partial charge in [0.1, 0.15) is 29.4 Å². The quantitative estimate of drug-likeness (QED) is 0.499. The van der Waals surface area contributed by atoms with Gasteiger partial charge in [0, 0.05) is 6.54 Å². The van der Waals surface area contributed by atoms with Crippen LogP contribution in [-0.4, -0.2) is 41.8 Å². The molecule has 0 unspecified atom stereocenters. The Bertz CT molecular complexity index is 1120. The minimum atomic E-state index is -1.09. The Morgan fingerprint density at radius 2 is 1.62 bits per heavy atom. The first-order valence-electron chi connectivity index (χ1n) is 12.4. The zero-order valence-electron chi connectivity index (χ0n) is 20.9. The van der Waals surface area contributed by atoms with Crippen molar-refractivity contribution in [1.29, 1.82) is 0 Å². The van der Waals surface area contributed by atoms with Crippen LogP contribution in [0, 0.1) is 17.6 Å². The number of benzene rings is 2. The van der Waals surface area contributed by atoms with Crippen LogP contribution in [0.5, 0.6) is 0 Å². The summed E-state index contributed by atoms with van der Waals surface area (Å²) < 4.78 is 28.6. The van der Waals surface area contributed by atoms with E-state index < -0.39 is 41.4 Å². The highest BCUT2D eigenvalue weighted by Crippen LogP contribution is 2.37. The first kappa shape index (κ1) is 28.5. The summed E-state index contributed by atoms with van der Waals surface area (Å²) in [6.45, 7) is 1.87. The number of para-hydroxylation sites is 1. The molecule has 1 heterocycles. The zero-order valence-corrected chi connectivity index (χ0v) is 21.7. The zero-order chi connectivity index (χ0) is 25.8. The highest BCUT2D eigenvalue weighted by Gasteiger charge is 2.43. The molecule has 2 aromatic carbocycles. The van der Waals surface area contributed by atoms with E-state index in [0.29, 0.717) is 5.56 Å². The summed E-state index contributed by atoms with van der Waals surface area (Å²) in [6, 6.07) is 8.07. The van der Waals surface area contributed by atoms with Gasteiger partial charge in [-0.1, -0.05) is 49.6 Å². The normalized spacial score (nSPS) is 18.8. The van der Waals surface area contributed by atoms with Crippen molar-refractivity contribution in [2.24, 2.45) is 5.92 Å². The maximum absolute atomic E-state index is 14.3. The first-order chi connectivity index (χ1) is 17.3. The van der Waals surface area contributed by atoms with Gasteiger partial charge in [0.2, 0.25) is 11.8 Å². The van der Waals surface area contributed by atoms with Crippen LogP contribution in [0.4, 0.5) is 14.5 Å². The third-order valence-corrected chi connectivity index (χ3v) is 7.26. The fourth-order valence-corrected chi connectivity index (χ4v) is 5.12. The SMILES string of the molecule is CN[C@@H](C)C(=O)N[C@H](C(=O)N1Cc2ccccc2[C@H]1C(=O)Nc1c(F)cccc1F)C1CCCCC1.Cl. The summed E-state index contributed by atoms with van der Waals surface area (Å²) >= 11 is 0. The van der Waals surface area contributed by atoms with Crippen LogP contribution >= 0.6 is 12.4 Å². The summed E-state index contributed by atoms with van der Waals surface area (Å²) in [5, 5.41) is 8.16. The van der Waals surface area contributed by atoms with Gasteiger partial charge in [0.15, 0.2) is 0 Å². The standard InChI is InChI=1S/C27H32F2N4O3.ClH/c1-16(30-2)25(34)31-22(17-9-4-3-5-10-17)27(36)33-15-18-11-6-7-12-19(18)24(33)26(35)32-23-20(28)13-8-14-21(23)29;/h6-8,11-14,16-17,22,24,30H,3-5,9-10,15H2,1-2H3,(H,31,34)(H,32,35);1H/t16-,22-,24-;/m0./s1. The smallest absolute Gasteiger partial charge is 0.252 e. The van der Waals surface area contributed by atoms with Crippen LogP contribution in [0.1, 0.15) is 56.2 Å². The van der Waals surface area contributed by atoms with Crippen molar-refractivity contribution in [2.45, 2.75) is 63.7 Å². The van der Waals surface area contributed by atoms with Crippen molar-refractivity contribution in [1.82, 2.24) is 15.5 Å². The highest BCUT2D eigenvalue weighted by molar-refractivity contribution is 6.00. The predicted octanol–water partition coefficient (Wildman–Crippen LogP) is 4.08. The largest absolute Gasteiger partial charge is 0.343 e. The van der Waals surface area contributed by atoms with Crippen LogP contribution in [0.3, 0.4) is 0 Å². The molecule has 0 aromatic heterocycles. The van der Waals surface area contributed by atoms with Crippen LogP contribution in [0.2, 0.25) is 0 Å². The molecule has 2 aliphatic rings. The van der Waals surface area contributed by atoms with Crippen LogP contribution in [0.15, 0.2) is 42.5 Å². The Morgan fingerprint density at radius 3 is 2.27 bits per heavy atom. The lowest BCUT2D eigenvalue weighted by Crippen LogP contribution is -2.56. The molecule has 1 fully saturated rings. The number of hydrogen-bond donors (Lipinski definition) is 3. The third kappa shape index (κ3) is 6.10. The van der Waals surface area contributed by atoms with E-state index in [0.717, 1.165) is 49.8 Å².